The predicted octanol–water partition coefficient (Wildman–Crippen LogP) is 3.92. The monoisotopic (exact) mass is 432 g/mol. The lowest BCUT2D eigenvalue weighted by molar-refractivity contribution is 0.248. The highest BCUT2D eigenvalue weighted by Crippen LogP contribution is 2.39. The van der Waals surface area contributed by atoms with E-state index in [2.05, 4.69) is 27.2 Å². The first kappa shape index (κ1) is 20.4. The molecule has 0 fully saturated rings. The summed E-state index contributed by atoms with van der Waals surface area (Å²) in [5, 5.41) is 22.7. The molecule has 1 aromatic heterocycles. The summed E-state index contributed by atoms with van der Waals surface area (Å²) < 4.78 is 5.65. The lowest BCUT2D eigenvalue weighted by Gasteiger charge is -2.24. The van der Waals surface area contributed by atoms with E-state index in [-0.39, 0.29) is 50.2 Å². The molecule has 148 valence electrons. The molecule has 0 spiro atoms. The fourth-order valence-corrected chi connectivity index (χ4v) is 3.02. The van der Waals surface area contributed by atoms with Crippen LogP contribution >= 0.6 is 23.2 Å². The van der Waals surface area contributed by atoms with E-state index < -0.39 is 6.03 Å². The number of H-pyrrole nitrogens is 1. The van der Waals surface area contributed by atoms with Crippen LogP contribution in [0, 0.1) is 11.3 Å². The Bertz CT molecular complexity index is 1130. The van der Waals surface area contributed by atoms with Crippen LogP contribution in [-0.2, 0) is 0 Å². The molecule has 0 bridgehead atoms. The maximum atomic E-state index is 12.2. The Balaban J connectivity index is 1.97. The lowest BCUT2D eigenvalue weighted by atomic mass is 10.1. The summed E-state index contributed by atoms with van der Waals surface area (Å²) in [6.45, 7) is 7.27. The quantitative estimate of drug-likeness (QED) is 0.757. The Morgan fingerprint density at radius 3 is 2.48 bits per heavy atom. The van der Waals surface area contributed by atoms with Gasteiger partial charge in [-0.3, -0.25) is 4.79 Å². The number of anilines is 1. The molecule has 0 radical (unpaired) electrons. The van der Waals surface area contributed by atoms with Crippen molar-refractivity contribution in [2.75, 3.05) is 5.01 Å². The second-order valence-corrected chi connectivity index (χ2v) is 7.08. The molecule has 2 amide bonds. The van der Waals surface area contributed by atoms with Crippen LogP contribution in [0.25, 0.3) is 0 Å². The first-order chi connectivity index (χ1) is 13.7. The van der Waals surface area contributed by atoms with Crippen molar-refractivity contribution in [3.05, 3.63) is 56.4 Å². The number of nitrogens with zero attached hydrogens (tertiary/aromatic N) is 4. The molecule has 1 aliphatic rings. The number of nitriles is 1. The topological polar surface area (TPSA) is 123 Å². The highest BCUT2D eigenvalue weighted by molar-refractivity contribution is 6.37. The Hall–Kier alpha value is -3.35. The molecule has 0 atom stereocenters. The summed E-state index contributed by atoms with van der Waals surface area (Å²) in [6, 6.07) is 5.49. The van der Waals surface area contributed by atoms with Crippen LogP contribution in [0.2, 0.25) is 10.0 Å². The van der Waals surface area contributed by atoms with Crippen LogP contribution in [0.3, 0.4) is 0 Å². The number of amides is 2. The molecule has 1 aliphatic heterocycles. The smallest absolute Gasteiger partial charge is 0.347 e. The summed E-state index contributed by atoms with van der Waals surface area (Å²) in [5.41, 5.74) is 0.417. The SMILES string of the molecule is C=C1NC(=O)N(c2cc(Cl)c(Oc3cc(C(C)C)c(=O)[nH]n3)c(Cl)c2)N=C1C#N. The lowest BCUT2D eigenvalue weighted by Crippen LogP contribution is -2.42. The highest BCUT2D eigenvalue weighted by atomic mass is 35.5. The summed E-state index contributed by atoms with van der Waals surface area (Å²) in [7, 11) is 0. The normalized spacial score (nSPS) is 13.8. The number of carbonyl (C=O) groups is 1. The number of halogens is 2. The van der Waals surface area contributed by atoms with E-state index in [0.29, 0.717) is 5.56 Å². The molecule has 2 N–H and O–H groups in total. The van der Waals surface area contributed by atoms with E-state index in [4.69, 9.17) is 33.2 Å². The van der Waals surface area contributed by atoms with Crippen LogP contribution in [0.1, 0.15) is 25.3 Å². The summed E-state index contributed by atoms with van der Waals surface area (Å²) in [5.74, 6) is 0.135. The number of ether oxygens (including phenoxy) is 1. The minimum atomic E-state index is -0.626. The molecular formula is C18H14Cl2N6O3. The van der Waals surface area contributed by atoms with Gasteiger partial charge in [0.25, 0.3) is 5.56 Å². The number of benzene rings is 1. The maximum absolute atomic E-state index is 12.2. The molecule has 0 unspecified atom stereocenters. The number of carbonyl (C=O) groups excluding carboxylic acids is 1. The zero-order chi connectivity index (χ0) is 21.3. The van der Waals surface area contributed by atoms with Gasteiger partial charge in [-0.1, -0.05) is 43.6 Å². The Morgan fingerprint density at radius 2 is 1.90 bits per heavy atom. The fraction of sp³-hybridized carbons (Fsp3) is 0.167. The largest absolute Gasteiger partial charge is 0.434 e. The van der Waals surface area contributed by atoms with E-state index in [1.807, 2.05) is 19.9 Å². The van der Waals surface area contributed by atoms with Gasteiger partial charge in [-0.2, -0.15) is 15.4 Å². The first-order valence-electron chi connectivity index (χ1n) is 8.27. The van der Waals surface area contributed by atoms with E-state index in [1.54, 1.807) is 0 Å². The van der Waals surface area contributed by atoms with Gasteiger partial charge in [0.1, 0.15) is 6.07 Å². The van der Waals surface area contributed by atoms with Crippen molar-refractivity contribution in [1.29, 1.82) is 5.26 Å². The molecule has 9 nitrogen and oxygen atoms in total. The molecule has 1 aromatic carbocycles. The Morgan fingerprint density at radius 1 is 1.24 bits per heavy atom. The van der Waals surface area contributed by atoms with Crippen LogP contribution in [0.4, 0.5) is 10.5 Å². The minimum absolute atomic E-state index is 0.0445. The van der Waals surface area contributed by atoms with Gasteiger partial charge in [-0.05, 0) is 18.1 Å². The first-order valence-corrected chi connectivity index (χ1v) is 9.02. The van der Waals surface area contributed by atoms with Crippen molar-refractivity contribution in [3.8, 4) is 17.7 Å². The second kappa shape index (κ2) is 7.95. The number of aromatic amines is 1. The number of nitrogens with one attached hydrogen (secondary N) is 2. The van der Waals surface area contributed by atoms with Gasteiger partial charge in [0.15, 0.2) is 11.5 Å². The Kier molecular flexibility index (Phi) is 5.59. The van der Waals surface area contributed by atoms with Crippen LogP contribution < -0.4 is 20.6 Å². The molecule has 2 aromatic rings. The molecule has 29 heavy (non-hydrogen) atoms. The molecule has 0 aliphatic carbocycles. The van der Waals surface area contributed by atoms with Crippen LogP contribution in [0.15, 0.2) is 40.4 Å². The fourth-order valence-electron chi connectivity index (χ4n) is 2.47. The third-order valence-electron chi connectivity index (χ3n) is 3.91. The van der Waals surface area contributed by atoms with Gasteiger partial charge >= 0.3 is 6.03 Å². The van der Waals surface area contributed by atoms with Gasteiger partial charge in [0, 0.05) is 11.6 Å². The van der Waals surface area contributed by atoms with Crippen molar-refractivity contribution in [2.24, 2.45) is 5.10 Å². The number of hydrazone groups is 1. The van der Waals surface area contributed by atoms with E-state index in [1.165, 1.54) is 18.2 Å². The number of rotatable bonds is 4. The summed E-state index contributed by atoms with van der Waals surface area (Å²) >= 11 is 12.6. The van der Waals surface area contributed by atoms with Crippen molar-refractivity contribution >= 4 is 40.6 Å². The Labute approximate surface area is 175 Å². The molecule has 2 heterocycles. The summed E-state index contributed by atoms with van der Waals surface area (Å²) in [4.78, 5) is 24.0. The molecule has 0 saturated heterocycles. The number of hydrogen-bond donors (Lipinski definition) is 2. The molecule has 11 heteroatoms. The third kappa shape index (κ3) is 4.08. The van der Waals surface area contributed by atoms with Crippen molar-refractivity contribution in [3.63, 3.8) is 0 Å². The van der Waals surface area contributed by atoms with E-state index in [0.717, 1.165) is 5.01 Å². The minimum Gasteiger partial charge on any atom is -0.434 e. The van der Waals surface area contributed by atoms with Crippen molar-refractivity contribution < 1.29 is 9.53 Å². The zero-order valence-corrected chi connectivity index (χ0v) is 16.8. The number of aromatic nitrogens is 2. The van der Waals surface area contributed by atoms with Gasteiger partial charge in [-0.25, -0.2) is 9.89 Å². The van der Waals surface area contributed by atoms with Crippen molar-refractivity contribution in [2.45, 2.75) is 19.8 Å². The zero-order valence-electron chi connectivity index (χ0n) is 15.3. The highest BCUT2D eigenvalue weighted by Gasteiger charge is 2.26. The average molecular weight is 433 g/mol. The van der Waals surface area contributed by atoms with Crippen LogP contribution in [-0.4, -0.2) is 21.9 Å². The van der Waals surface area contributed by atoms with Crippen LogP contribution in [0.5, 0.6) is 11.6 Å². The predicted molar refractivity (Wildman–Crippen MR) is 109 cm³/mol. The van der Waals surface area contributed by atoms with Gasteiger partial charge in [0.2, 0.25) is 5.88 Å². The van der Waals surface area contributed by atoms with Gasteiger partial charge in [0.05, 0.1) is 21.4 Å². The van der Waals surface area contributed by atoms with Gasteiger partial charge in [-0.15, -0.1) is 5.10 Å². The number of urea groups is 1. The average Bonchev–Trinajstić information content (AvgIpc) is 2.65. The molecule has 3 rings (SSSR count). The van der Waals surface area contributed by atoms with Gasteiger partial charge < -0.3 is 10.1 Å². The van der Waals surface area contributed by atoms with E-state index >= 15 is 0 Å². The molecular weight excluding hydrogens is 419 g/mol. The standard InChI is InChI=1S/C18H14Cl2N6O3/c1-8(2)11-6-15(23-24-17(11)27)29-16-12(19)4-10(5-13(16)20)26-18(28)22-9(3)14(7-21)25-26/h4-6,8H,3H2,1-2H3,(H,22,28)(H,24,27). The molecule has 0 saturated carbocycles. The number of hydrogen-bond acceptors (Lipinski definition) is 6. The number of allylic oxidation sites excluding steroid dienone is 1. The third-order valence-corrected chi connectivity index (χ3v) is 4.47. The van der Waals surface area contributed by atoms with E-state index in [9.17, 15) is 9.59 Å². The summed E-state index contributed by atoms with van der Waals surface area (Å²) in [6.07, 6.45) is 0. The second-order valence-electron chi connectivity index (χ2n) is 6.27. The van der Waals surface area contributed by atoms with Crippen molar-refractivity contribution in [1.82, 2.24) is 15.5 Å². The maximum Gasteiger partial charge on any atom is 0.347 e.